The Hall–Kier alpha value is -3.68. The largest absolute Gasteiger partial charge is 0.372 e. The second-order valence-electron chi connectivity index (χ2n) is 8.50. The first kappa shape index (κ1) is 20.2. The van der Waals surface area contributed by atoms with Gasteiger partial charge in [-0.15, -0.1) is 0 Å². The van der Waals surface area contributed by atoms with Crippen molar-refractivity contribution in [1.29, 1.82) is 5.26 Å². The fraction of sp³-hybridized carbons (Fsp3) is 0.214. The topological polar surface area (TPSA) is 49.2 Å². The van der Waals surface area contributed by atoms with Gasteiger partial charge in [0.05, 0.1) is 29.4 Å². The highest BCUT2D eigenvalue weighted by atomic mass is 16.5. The van der Waals surface area contributed by atoms with E-state index in [9.17, 15) is 0 Å². The predicted octanol–water partition coefficient (Wildman–Crippen LogP) is 6.05. The highest BCUT2D eigenvalue weighted by molar-refractivity contribution is 5.95. The minimum Gasteiger partial charge on any atom is -0.372 e. The zero-order valence-electron chi connectivity index (χ0n) is 18.3. The van der Waals surface area contributed by atoms with Crippen LogP contribution in [0.15, 0.2) is 79.0 Å². The molecule has 0 radical (unpaired) electrons. The van der Waals surface area contributed by atoms with Gasteiger partial charge in [-0.1, -0.05) is 42.5 Å². The molecule has 4 heteroatoms. The van der Waals surface area contributed by atoms with Gasteiger partial charge in [0.25, 0.3) is 0 Å². The van der Waals surface area contributed by atoms with Crippen LogP contribution in [0.25, 0.3) is 33.2 Å². The lowest BCUT2D eigenvalue weighted by Gasteiger charge is -2.36. The Morgan fingerprint density at radius 3 is 2.25 bits per heavy atom. The molecule has 2 heterocycles. The Bertz CT molecular complexity index is 1280. The third-order valence-electron chi connectivity index (χ3n) is 6.02. The summed E-state index contributed by atoms with van der Waals surface area (Å²) in [6.45, 7) is 6.09. The smallest absolute Gasteiger partial charge is 0.0991 e. The number of anilines is 1. The summed E-state index contributed by atoms with van der Waals surface area (Å²) in [5.41, 5.74) is 7.25. The maximum atomic E-state index is 9.05. The minimum atomic E-state index is 0.244. The van der Waals surface area contributed by atoms with Crippen LogP contribution in [0.4, 0.5) is 5.69 Å². The number of ether oxygens (including phenoxy) is 1. The van der Waals surface area contributed by atoms with E-state index in [4.69, 9.17) is 15.0 Å². The third kappa shape index (κ3) is 3.95. The van der Waals surface area contributed by atoms with Crippen LogP contribution >= 0.6 is 0 Å². The standard InChI is InChI=1S/C28H25N3O/c1-19-17-31(18-20(2)32-19)26-12-10-22(11-13-26)25-14-24-4-3-5-27(28(24)30-16-25)23-8-6-21(15-29)7-9-23/h3-14,16,19-20H,17-18H2,1-2H3. The Morgan fingerprint density at radius 1 is 0.875 bits per heavy atom. The van der Waals surface area contributed by atoms with E-state index in [-0.39, 0.29) is 12.2 Å². The molecule has 2 unspecified atom stereocenters. The summed E-state index contributed by atoms with van der Waals surface area (Å²) in [7, 11) is 0. The number of nitrogens with zero attached hydrogens (tertiary/aromatic N) is 3. The van der Waals surface area contributed by atoms with Gasteiger partial charge in [0.1, 0.15) is 0 Å². The summed E-state index contributed by atoms with van der Waals surface area (Å²) in [6.07, 6.45) is 2.44. The van der Waals surface area contributed by atoms with Crippen LogP contribution in [0.2, 0.25) is 0 Å². The van der Waals surface area contributed by atoms with E-state index in [1.807, 2.05) is 30.5 Å². The van der Waals surface area contributed by atoms with E-state index in [0.717, 1.165) is 46.2 Å². The minimum absolute atomic E-state index is 0.244. The first-order chi connectivity index (χ1) is 15.6. The van der Waals surface area contributed by atoms with Crippen molar-refractivity contribution >= 4 is 16.6 Å². The normalized spacial score (nSPS) is 18.5. The maximum Gasteiger partial charge on any atom is 0.0991 e. The number of pyridine rings is 1. The van der Waals surface area contributed by atoms with Crippen molar-refractivity contribution < 1.29 is 4.74 Å². The first-order valence-electron chi connectivity index (χ1n) is 11.0. The molecule has 4 nitrogen and oxygen atoms in total. The van der Waals surface area contributed by atoms with Crippen molar-refractivity contribution in [1.82, 2.24) is 4.98 Å². The van der Waals surface area contributed by atoms with E-state index in [1.165, 1.54) is 5.69 Å². The van der Waals surface area contributed by atoms with Crippen LogP contribution in [0.5, 0.6) is 0 Å². The SMILES string of the molecule is CC1CN(c2ccc(-c3cnc4c(-c5ccc(C#N)cc5)cccc4c3)cc2)CC(C)O1. The summed E-state index contributed by atoms with van der Waals surface area (Å²) >= 11 is 0. The number of fused-ring (bicyclic) bond motifs is 1. The van der Waals surface area contributed by atoms with Crippen LogP contribution in [-0.4, -0.2) is 30.3 Å². The lowest BCUT2D eigenvalue weighted by molar-refractivity contribution is -0.00521. The molecule has 0 spiro atoms. The highest BCUT2D eigenvalue weighted by Gasteiger charge is 2.22. The molecule has 32 heavy (non-hydrogen) atoms. The monoisotopic (exact) mass is 419 g/mol. The summed E-state index contributed by atoms with van der Waals surface area (Å²) in [6, 6.07) is 27.0. The molecule has 1 aliphatic heterocycles. The van der Waals surface area contributed by atoms with E-state index in [0.29, 0.717) is 5.56 Å². The molecule has 3 aromatic carbocycles. The number of hydrogen-bond donors (Lipinski definition) is 0. The van der Waals surface area contributed by atoms with Gasteiger partial charge in [-0.3, -0.25) is 4.98 Å². The number of benzene rings is 3. The van der Waals surface area contributed by atoms with Gasteiger partial charge < -0.3 is 9.64 Å². The third-order valence-corrected chi connectivity index (χ3v) is 6.02. The Labute approximate surface area is 188 Å². The number of hydrogen-bond acceptors (Lipinski definition) is 4. The molecule has 1 aliphatic rings. The fourth-order valence-electron chi connectivity index (χ4n) is 4.53. The summed E-state index contributed by atoms with van der Waals surface area (Å²) in [5.74, 6) is 0. The molecule has 0 saturated carbocycles. The average Bonchev–Trinajstić information content (AvgIpc) is 2.83. The van der Waals surface area contributed by atoms with Gasteiger partial charge in [0.15, 0.2) is 0 Å². The number of para-hydroxylation sites is 1. The van der Waals surface area contributed by atoms with Crippen LogP contribution in [0, 0.1) is 11.3 Å². The molecule has 1 fully saturated rings. The summed E-state index contributed by atoms with van der Waals surface area (Å²) < 4.78 is 5.86. The van der Waals surface area contributed by atoms with Gasteiger partial charge in [-0.2, -0.15) is 5.26 Å². The molecule has 158 valence electrons. The van der Waals surface area contributed by atoms with Crippen LogP contribution < -0.4 is 4.90 Å². The van der Waals surface area contributed by atoms with Crippen LogP contribution in [0.3, 0.4) is 0 Å². The summed E-state index contributed by atoms with van der Waals surface area (Å²) in [4.78, 5) is 7.21. The van der Waals surface area contributed by atoms with Crippen LogP contribution in [-0.2, 0) is 4.74 Å². The van der Waals surface area contributed by atoms with Gasteiger partial charge in [0, 0.05) is 41.5 Å². The van der Waals surface area contributed by atoms with Crippen LogP contribution in [0.1, 0.15) is 19.4 Å². The molecule has 5 rings (SSSR count). The van der Waals surface area contributed by atoms with Gasteiger partial charge in [0.2, 0.25) is 0 Å². The van der Waals surface area contributed by atoms with Crippen molar-refractivity contribution in [3.63, 3.8) is 0 Å². The molecule has 0 N–H and O–H groups in total. The molecule has 4 aromatic rings. The van der Waals surface area contributed by atoms with Gasteiger partial charge in [-0.05, 0) is 55.3 Å². The quantitative estimate of drug-likeness (QED) is 0.405. The van der Waals surface area contributed by atoms with Crippen molar-refractivity contribution in [2.75, 3.05) is 18.0 Å². The Kier molecular flexibility index (Phi) is 5.34. The molecule has 0 amide bonds. The lowest BCUT2D eigenvalue weighted by Crippen LogP contribution is -2.45. The van der Waals surface area contributed by atoms with Crippen molar-refractivity contribution in [3.8, 4) is 28.3 Å². The second-order valence-corrected chi connectivity index (χ2v) is 8.50. The van der Waals surface area contributed by atoms with E-state index < -0.39 is 0 Å². The highest BCUT2D eigenvalue weighted by Crippen LogP contribution is 2.31. The van der Waals surface area contributed by atoms with Gasteiger partial charge in [-0.25, -0.2) is 0 Å². The molecule has 2 atom stereocenters. The molecular weight excluding hydrogens is 394 g/mol. The van der Waals surface area contributed by atoms with Crippen molar-refractivity contribution in [2.45, 2.75) is 26.1 Å². The van der Waals surface area contributed by atoms with E-state index in [1.54, 1.807) is 0 Å². The molecular formula is C28H25N3O. The number of aromatic nitrogens is 1. The maximum absolute atomic E-state index is 9.05. The fourth-order valence-corrected chi connectivity index (χ4v) is 4.53. The first-order valence-corrected chi connectivity index (χ1v) is 11.0. The van der Waals surface area contributed by atoms with E-state index >= 15 is 0 Å². The van der Waals surface area contributed by atoms with Crippen molar-refractivity contribution in [2.24, 2.45) is 0 Å². The average molecular weight is 420 g/mol. The Balaban J connectivity index is 1.44. The number of morpholine rings is 1. The Morgan fingerprint density at radius 2 is 1.56 bits per heavy atom. The lowest BCUT2D eigenvalue weighted by atomic mass is 9.99. The summed E-state index contributed by atoms with van der Waals surface area (Å²) in [5, 5.41) is 10.2. The molecule has 1 saturated heterocycles. The molecule has 0 bridgehead atoms. The zero-order chi connectivity index (χ0) is 22.1. The number of rotatable bonds is 3. The second kappa shape index (κ2) is 8.45. The van der Waals surface area contributed by atoms with Gasteiger partial charge >= 0.3 is 0 Å². The predicted molar refractivity (Wildman–Crippen MR) is 130 cm³/mol. The van der Waals surface area contributed by atoms with E-state index in [2.05, 4.69) is 73.3 Å². The molecule has 1 aromatic heterocycles. The number of nitriles is 1. The zero-order valence-corrected chi connectivity index (χ0v) is 18.3. The van der Waals surface area contributed by atoms with Crippen molar-refractivity contribution in [3.05, 3.63) is 84.6 Å². The molecule has 0 aliphatic carbocycles.